The maximum absolute atomic E-state index is 12.5. The van der Waals surface area contributed by atoms with E-state index in [4.69, 9.17) is 4.74 Å². The van der Waals surface area contributed by atoms with Crippen LogP contribution in [0, 0.1) is 12.8 Å². The second kappa shape index (κ2) is 7.86. The molecule has 4 heteroatoms. The molecule has 0 unspecified atom stereocenters. The Balaban J connectivity index is 2.12. The van der Waals surface area contributed by atoms with E-state index in [2.05, 4.69) is 31.1 Å². The second-order valence-corrected chi connectivity index (χ2v) is 6.48. The van der Waals surface area contributed by atoms with Crippen molar-refractivity contribution in [3.63, 3.8) is 0 Å². The molecule has 0 aliphatic carbocycles. The van der Waals surface area contributed by atoms with E-state index < -0.39 is 0 Å². The van der Waals surface area contributed by atoms with Crippen molar-refractivity contribution >= 4 is 17.3 Å². The number of nitrogens with zero attached hydrogens (tertiary/aromatic N) is 1. The average molecular weight is 326 g/mol. The third-order valence-electron chi connectivity index (χ3n) is 3.81. The highest BCUT2D eigenvalue weighted by Crippen LogP contribution is 2.26. The van der Waals surface area contributed by atoms with Gasteiger partial charge in [0.2, 0.25) is 0 Å². The van der Waals surface area contributed by atoms with E-state index in [0.29, 0.717) is 22.9 Å². The summed E-state index contributed by atoms with van der Waals surface area (Å²) >= 11 is 0. The zero-order valence-corrected chi connectivity index (χ0v) is 15.1. The van der Waals surface area contributed by atoms with Gasteiger partial charge in [0.15, 0.2) is 0 Å². The number of hydrogen-bond donors (Lipinski definition) is 1. The number of anilines is 2. The molecule has 128 valence electrons. The minimum Gasteiger partial charge on any atom is -0.495 e. The topological polar surface area (TPSA) is 41.6 Å². The summed E-state index contributed by atoms with van der Waals surface area (Å²) in [7, 11) is 3.66. The zero-order valence-electron chi connectivity index (χ0n) is 15.1. The zero-order chi connectivity index (χ0) is 17.7. The van der Waals surface area contributed by atoms with E-state index >= 15 is 0 Å². The highest BCUT2D eigenvalue weighted by atomic mass is 16.5. The number of aryl methyl sites for hydroxylation is 1. The fourth-order valence-electron chi connectivity index (χ4n) is 2.63. The van der Waals surface area contributed by atoms with Crippen LogP contribution in [0.5, 0.6) is 5.75 Å². The number of ether oxygens (including phenoxy) is 1. The molecule has 1 amide bonds. The van der Waals surface area contributed by atoms with E-state index in [1.165, 1.54) is 0 Å². The Morgan fingerprint density at radius 1 is 1.17 bits per heavy atom. The van der Waals surface area contributed by atoms with Gasteiger partial charge in [-0.25, -0.2) is 0 Å². The second-order valence-electron chi connectivity index (χ2n) is 6.48. The molecule has 0 radical (unpaired) electrons. The third kappa shape index (κ3) is 4.51. The van der Waals surface area contributed by atoms with E-state index in [9.17, 15) is 4.79 Å². The highest BCUT2D eigenvalue weighted by Gasteiger charge is 2.11. The SMILES string of the molecule is COc1ccc(C)cc1NC(=O)c1ccc(N(C)CC(C)C)cc1. The largest absolute Gasteiger partial charge is 0.495 e. The molecular weight excluding hydrogens is 300 g/mol. The first-order chi connectivity index (χ1) is 11.4. The fraction of sp³-hybridized carbons (Fsp3) is 0.350. The van der Waals surface area contributed by atoms with E-state index in [1.54, 1.807) is 7.11 Å². The van der Waals surface area contributed by atoms with Crippen LogP contribution in [0.1, 0.15) is 29.8 Å². The molecule has 2 rings (SSSR count). The lowest BCUT2D eigenvalue weighted by atomic mass is 10.1. The normalized spacial score (nSPS) is 10.6. The van der Waals surface area contributed by atoms with Gasteiger partial charge in [-0.05, 0) is 54.8 Å². The summed E-state index contributed by atoms with van der Waals surface area (Å²) in [6.45, 7) is 7.33. The van der Waals surface area contributed by atoms with Crippen LogP contribution in [0.3, 0.4) is 0 Å². The molecule has 0 saturated carbocycles. The number of methoxy groups -OCH3 is 1. The van der Waals surface area contributed by atoms with Crippen LogP contribution >= 0.6 is 0 Å². The van der Waals surface area contributed by atoms with Gasteiger partial charge in [-0.3, -0.25) is 4.79 Å². The molecule has 2 aromatic carbocycles. The van der Waals surface area contributed by atoms with E-state index in [1.807, 2.05) is 49.4 Å². The predicted molar refractivity (Wildman–Crippen MR) is 100 cm³/mol. The molecule has 0 atom stereocenters. The monoisotopic (exact) mass is 326 g/mol. The molecule has 0 heterocycles. The summed E-state index contributed by atoms with van der Waals surface area (Å²) in [5.41, 5.74) is 3.48. The van der Waals surface area contributed by atoms with Gasteiger partial charge < -0.3 is 15.0 Å². The molecule has 0 aliphatic heterocycles. The number of carbonyl (C=O) groups excluding carboxylic acids is 1. The van der Waals surface area contributed by atoms with Crippen molar-refractivity contribution in [2.75, 3.05) is 30.9 Å². The Bertz CT molecular complexity index is 693. The average Bonchev–Trinajstić information content (AvgIpc) is 2.54. The molecule has 0 bridgehead atoms. The lowest BCUT2D eigenvalue weighted by molar-refractivity contribution is 0.102. The van der Waals surface area contributed by atoms with Crippen LogP contribution in [0.2, 0.25) is 0 Å². The molecule has 0 fully saturated rings. The van der Waals surface area contributed by atoms with Crippen molar-refractivity contribution in [3.05, 3.63) is 53.6 Å². The summed E-state index contributed by atoms with van der Waals surface area (Å²) < 4.78 is 5.30. The molecule has 4 nitrogen and oxygen atoms in total. The van der Waals surface area contributed by atoms with Crippen molar-refractivity contribution < 1.29 is 9.53 Å². The van der Waals surface area contributed by atoms with E-state index in [-0.39, 0.29) is 5.91 Å². The molecule has 0 spiro atoms. The van der Waals surface area contributed by atoms with Gasteiger partial charge >= 0.3 is 0 Å². The highest BCUT2D eigenvalue weighted by molar-refractivity contribution is 6.05. The summed E-state index contributed by atoms with van der Waals surface area (Å²) in [5.74, 6) is 1.10. The molecule has 0 saturated heterocycles. The van der Waals surface area contributed by atoms with Crippen LogP contribution < -0.4 is 15.0 Å². The first kappa shape index (κ1) is 17.9. The van der Waals surface area contributed by atoms with Crippen LogP contribution in [0.15, 0.2) is 42.5 Å². The minimum atomic E-state index is -0.142. The van der Waals surface area contributed by atoms with Gasteiger partial charge in [0.1, 0.15) is 5.75 Å². The van der Waals surface area contributed by atoms with Gasteiger partial charge in [0.05, 0.1) is 12.8 Å². The quantitative estimate of drug-likeness (QED) is 0.858. The first-order valence-corrected chi connectivity index (χ1v) is 8.18. The van der Waals surface area contributed by atoms with Crippen LogP contribution in [0.4, 0.5) is 11.4 Å². The summed E-state index contributed by atoms with van der Waals surface area (Å²) in [6.07, 6.45) is 0. The molecule has 1 N–H and O–H groups in total. The molecule has 24 heavy (non-hydrogen) atoms. The maximum atomic E-state index is 12.5. The lowest BCUT2D eigenvalue weighted by Gasteiger charge is -2.21. The summed E-state index contributed by atoms with van der Waals surface area (Å²) in [5, 5.41) is 2.92. The van der Waals surface area contributed by atoms with Gasteiger partial charge in [-0.1, -0.05) is 19.9 Å². The van der Waals surface area contributed by atoms with E-state index in [0.717, 1.165) is 17.8 Å². The fourth-order valence-corrected chi connectivity index (χ4v) is 2.63. The van der Waals surface area contributed by atoms with Crippen molar-refractivity contribution in [2.24, 2.45) is 5.92 Å². The van der Waals surface area contributed by atoms with Crippen molar-refractivity contribution in [1.29, 1.82) is 0 Å². The minimum absolute atomic E-state index is 0.142. The molecule has 2 aromatic rings. The Labute approximate surface area is 144 Å². The van der Waals surface area contributed by atoms with Crippen LogP contribution in [-0.2, 0) is 0 Å². The van der Waals surface area contributed by atoms with Gasteiger partial charge in [0, 0.05) is 24.8 Å². The number of rotatable bonds is 6. The summed E-state index contributed by atoms with van der Waals surface area (Å²) in [4.78, 5) is 14.7. The van der Waals surface area contributed by atoms with Gasteiger partial charge in [-0.2, -0.15) is 0 Å². The summed E-state index contributed by atoms with van der Waals surface area (Å²) in [6, 6.07) is 13.4. The number of hydrogen-bond acceptors (Lipinski definition) is 3. The molecular formula is C20H26N2O2. The molecule has 0 aromatic heterocycles. The van der Waals surface area contributed by atoms with Gasteiger partial charge in [0.25, 0.3) is 5.91 Å². The van der Waals surface area contributed by atoms with Crippen LogP contribution in [0.25, 0.3) is 0 Å². The maximum Gasteiger partial charge on any atom is 0.255 e. The lowest BCUT2D eigenvalue weighted by Crippen LogP contribution is -2.22. The van der Waals surface area contributed by atoms with Crippen molar-refractivity contribution in [1.82, 2.24) is 0 Å². The Morgan fingerprint density at radius 2 is 1.83 bits per heavy atom. The van der Waals surface area contributed by atoms with Crippen LogP contribution in [-0.4, -0.2) is 26.6 Å². The number of benzene rings is 2. The third-order valence-corrected chi connectivity index (χ3v) is 3.81. The Morgan fingerprint density at radius 3 is 2.42 bits per heavy atom. The Kier molecular flexibility index (Phi) is 5.85. The number of amides is 1. The van der Waals surface area contributed by atoms with Crippen molar-refractivity contribution in [2.45, 2.75) is 20.8 Å². The number of nitrogens with one attached hydrogen (secondary N) is 1. The first-order valence-electron chi connectivity index (χ1n) is 8.18. The Hall–Kier alpha value is -2.49. The predicted octanol–water partition coefficient (Wildman–Crippen LogP) is 4.35. The van der Waals surface area contributed by atoms with Gasteiger partial charge in [-0.15, -0.1) is 0 Å². The smallest absolute Gasteiger partial charge is 0.255 e. The van der Waals surface area contributed by atoms with Crippen molar-refractivity contribution in [3.8, 4) is 5.75 Å². The number of carbonyl (C=O) groups is 1. The standard InChI is InChI=1S/C20H26N2O2/c1-14(2)13-22(4)17-9-7-16(8-10-17)20(23)21-18-12-15(3)6-11-19(18)24-5/h6-12,14H,13H2,1-5H3,(H,21,23). The molecule has 0 aliphatic rings.